The van der Waals surface area contributed by atoms with Crippen molar-refractivity contribution < 1.29 is 0 Å². The molecule has 19 heavy (non-hydrogen) atoms. The minimum absolute atomic E-state index is 0.0927. The molecule has 0 aliphatic rings. The predicted molar refractivity (Wildman–Crippen MR) is 84.4 cm³/mol. The van der Waals surface area contributed by atoms with Crippen molar-refractivity contribution in [3.8, 4) is 0 Å². The minimum atomic E-state index is -0.0927. The van der Waals surface area contributed by atoms with Gasteiger partial charge in [0, 0.05) is 9.50 Å². The van der Waals surface area contributed by atoms with Gasteiger partial charge in [0.15, 0.2) is 0 Å². The maximum absolute atomic E-state index is 6.30. The lowest BCUT2D eigenvalue weighted by molar-refractivity contribution is 0.552. The van der Waals surface area contributed by atoms with Gasteiger partial charge in [-0.1, -0.05) is 53.5 Å². The second kappa shape index (κ2) is 6.73. The first-order chi connectivity index (χ1) is 9.13. The lowest BCUT2D eigenvalue weighted by Gasteiger charge is -2.19. The molecule has 0 aliphatic heterocycles. The number of halogens is 3. The van der Waals surface area contributed by atoms with Crippen LogP contribution in [0.5, 0.6) is 0 Å². The molecule has 2 rings (SSSR count). The van der Waals surface area contributed by atoms with E-state index in [9.17, 15) is 0 Å². The molecular formula is C14H13BrCl2N2. The smallest absolute Gasteiger partial charge is 0.0596 e. The molecule has 3 N–H and O–H groups in total. The Morgan fingerprint density at radius 3 is 2.53 bits per heavy atom. The molecule has 0 saturated carbocycles. The fourth-order valence-electron chi connectivity index (χ4n) is 1.93. The summed E-state index contributed by atoms with van der Waals surface area (Å²) >= 11 is 15.9. The van der Waals surface area contributed by atoms with E-state index in [1.165, 1.54) is 0 Å². The maximum Gasteiger partial charge on any atom is 0.0596 e. The molecule has 1 atom stereocenters. The van der Waals surface area contributed by atoms with Crippen LogP contribution in [0, 0.1) is 0 Å². The molecule has 100 valence electrons. The number of hydrazine groups is 1. The zero-order valence-electron chi connectivity index (χ0n) is 10.0. The highest BCUT2D eigenvalue weighted by Crippen LogP contribution is 2.32. The van der Waals surface area contributed by atoms with Crippen LogP contribution in [-0.4, -0.2) is 0 Å². The summed E-state index contributed by atoms with van der Waals surface area (Å²) in [4.78, 5) is 0. The van der Waals surface area contributed by atoms with Gasteiger partial charge >= 0.3 is 0 Å². The average Bonchev–Trinajstić information content (AvgIpc) is 2.41. The van der Waals surface area contributed by atoms with Gasteiger partial charge in [-0.25, -0.2) is 0 Å². The van der Waals surface area contributed by atoms with Crippen LogP contribution in [-0.2, 0) is 6.42 Å². The summed E-state index contributed by atoms with van der Waals surface area (Å²) in [7, 11) is 0. The van der Waals surface area contributed by atoms with E-state index >= 15 is 0 Å². The van der Waals surface area contributed by atoms with Gasteiger partial charge in [-0.15, -0.1) is 0 Å². The van der Waals surface area contributed by atoms with Crippen LogP contribution >= 0.6 is 39.1 Å². The van der Waals surface area contributed by atoms with Crippen molar-refractivity contribution in [3.63, 3.8) is 0 Å². The quantitative estimate of drug-likeness (QED) is 0.622. The van der Waals surface area contributed by atoms with E-state index in [-0.39, 0.29) is 6.04 Å². The molecule has 0 saturated heterocycles. The van der Waals surface area contributed by atoms with E-state index in [0.29, 0.717) is 11.4 Å². The Bertz CT molecular complexity index is 575. The van der Waals surface area contributed by atoms with Gasteiger partial charge in [0.2, 0.25) is 0 Å². The Morgan fingerprint density at radius 2 is 1.84 bits per heavy atom. The van der Waals surface area contributed by atoms with E-state index in [0.717, 1.165) is 20.6 Å². The Labute approximate surface area is 131 Å². The van der Waals surface area contributed by atoms with Crippen molar-refractivity contribution in [2.24, 2.45) is 5.84 Å². The molecule has 2 nitrogen and oxygen atoms in total. The topological polar surface area (TPSA) is 38.0 Å². The fourth-order valence-corrected chi connectivity index (χ4v) is 2.78. The zero-order valence-corrected chi connectivity index (χ0v) is 13.1. The lowest BCUT2D eigenvalue weighted by atomic mass is 9.99. The van der Waals surface area contributed by atoms with Gasteiger partial charge in [-0.05, 0) is 45.6 Å². The Kier molecular flexibility index (Phi) is 5.25. The number of benzene rings is 2. The van der Waals surface area contributed by atoms with Crippen molar-refractivity contribution in [2.75, 3.05) is 0 Å². The van der Waals surface area contributed by atoms with Crippen LogP contribution < -0.4 is 11.3 Å². The first-order valence-electron chi connectivity index (χ1n) is 5.77. The number of hydrogen-bond donors (Lipinski definition) is 2. The molecular weight excluding hydrogens is 347 g/mol. The highest BCUT2D eigenvalue weighted by molar-refractivity contribution is 9.10. The largest absolute Gasteiger partial charge is 0.271 e. The monoisotopic (exact) mass is 358 g/mol. The van der Waals surface area contributed by atoms with E-state index in [1.54, 1.807) is 0 Å². The fraction of sp³-hybridized carbons (Fsp3) is 0.143. The Balaban J connectivity index is 2.31. The van der Waals surface area contributed by atoms with Gasteiger partial charge in [-0.2, -0.15) is 0 Å². The van der Waals surface area contributed by atoms with Crippen LogP contribution in [0.25, 0.3) is 0 Å². The summed E-state index contributed by atoms with van der Waals surface area (Å²) in [6.07, 6.45) is 0.673. The lowest BCUT2D eigenvalue weighted by Crippen LogP contribution is -2.29. The Hall–Kier alpha value is -0.580. The minimum Gasteiger partial charge on any atom is -0.271 e. The number of hydrogen-bond acceptors (Lipinski definition) is 2. The van der Waals surface area contributed by atoms with Gasteiger partial charge in [0.05, 0.1) is 11.1 Å². The van der Waals surface area contributed by atoms with Crippen LogP contribution in [0.2, 0.25) is 10.0 Å². The summed E-state index contributed by atoms with van der Waals surface area (Å²) < 4.78 is 0.853. The third-order valence-corrected chi connectivity index (χ3v) is 4.62. The van der Waals surface area contributed by atoms with Gasteiger partial charge < -0.3 is 0 Å². The summed E-state index contributed by atoms with van der Waals surface area (Å²) in [6, 6.07) is 13.4. The molecule has 0 radical (unpaired) electrons. The number of nitrogens with one attached hydrogen (secondary N) is 1. The van der Waals surface area contributed by atoms with Gasteiger partial charge in [-0.3, -0.25) is 11.3 Å². The molecule has 2 aromatic carbocycles. The third kappa shape index (κ3) is 3.50. The summed E-state index contributed by atoms with van der Waals surface area (Å²) in [5, 5.41) is 1.39. The number of rotatable bonds is 4. The number of nitrogens with two attached hydrogens (primary N) is 1. The van der Waals surface area contributed by atoms with E-state index < -0.39 is 0 Å². The maximum atomic E-state index is 6.30. The molecule has 2 aromatic rings. The molecule has 0 aliphatic carbocycles. The molecule has 0 bridgehead atoms. The Morgan fingerprint density at radius 1 is 1.11 bits per heavy atom. The molecule has 0 fully saturated rings. The highest BCUT2D eigenvalue weighted by Gasteiger charge is 2.16. The van der Waals surface area contributed by atoms with Crippen molar-refractivity contribution in [1.29, 1.82) is 0 Å². The van der Waals surface area contributed by atoms with Crippen LogP contribution in [0.1, 0.15) is 17.2 Å². The molecule has 5 heteroatoms. The molecule has 0 spiro atoms. The van der Waals surface area contributed by atoms with Crippen LogP contribution in [0.4, 0.5) is 0 Å². The molecule has 0 heterocycles. The van der Waals surface area contributed by atoms with Crippen LogP contribution in [0.15, 0.2) is 46.9 Å². The second-order valence-electron chi connectivity index (χ2n) is 4.16. The average molecular weight is 360 g/mol. The molecule has 0 amide bonds. The van der Waals surface area contributed by atoms with E-state index in [4.69, 9.17) is 29.0 Å². The molecule has 0 aromatic heterocycles. The van der Waals surface area contributed by atoms with Crippen molar-refractivity contribution in [1.82, 2.24) is 5.43 Å². The first-order valence-corrected chi connectivity index (χ1v) is 7.32. The summed E-state index contributed by atoms with van der Waals surface area (Å²) in [5.74, 6) is 5.65. The molecule has 1 unspecified atom stereocenters. The SMILES string of the molecule is NNC(Cc1ccccc1Cl)c1cccc(Br)c1Cl. The zero-order chi connectivity index (χ0) is 13.8. The second-order valence-corrected chi connectivity index (χ2v) is 5.80. The first kappa shape index (κ1) is 14.8. The summed E-state index contributed by atoms with van der Waals surface area (Å²) in [6.45, 7) is 0. The van der Waals surface area contributed by atoms with Crippen molar-refractivity contribution >= 4 is 39.1 Å². The van der Waals surface area contributed by atoms with E-state index in [2.05, 4.69) is 21.4 Å². The van der Waals surface area contributed by atoms with Crippen LogP contribution in [0.3, 0.4) is 0 Å². The van der Waals surface area contributed by atoms with Gasteiger partial charge in [0.25, 0.3) is 0 Å². The highest BCUT2D eigenvalue weighted by atomic mass is 79.9. The van der Waals surface area contributed by atoms with Crippen molar-refractivity contribution in [3.05, 3.63) is 68.1 Å². The van der Waals surface area contributed by atoms with Crippen molar-refractivity contribution in [2.45, 2.75) is 12.5 Å². The predicted octanol–water partition coefficient (Wildman–Crippen LogP) is 4.50. The standard InChI is InChI=1S/C14H13BrCl2N2/c15-11-6-3-5-10(14(11)17)13(19-18)8-9-4-1-2-7-12(9)16/h1-7,13,19H,8,18H2. The third-order valence-electron chi connectivity index (χ3n) is 2.94. The summed E-state index contributed by atoms with van der Waals surface area (Å²) in [5.41, 5.74) is 4.77. The normalized spacial score (nSPS) is 12.4. The van der Waals surface area contributed by atoms with E-state index in [1.807, 2.05) is 42.5 Å². The van der Waals surface area contributed by atoms with Gasteiger partial charge in [0.1, 0.15) is 0 Å².